The molecule has 0 amide bonds. The quantitative estimate of drug-likeness (QED) is 0.403. The summed E-state index contributed by atoms with van der Waals surface area (Å²) in [6.45, 7) is 2.81. The Morgan fingerprint density at radius 3 is 2.53 bits per heavy atom. The van der Waals surface area contributed by atoms with Crippen LogP contribution in [-0.2, 0) is 12.6 Å². The zero-order valence-electron chi connectivity index (χ0n) is 19.3. The van der Waals surface area contributed by atoms with Crippen LogP contribution in [0.1, 0.15) is 47.3 Å². The molecule has 0 saturated heterocycles. The first-order valence-corrected chi connectivity index (χ1v) is 12.1. The Bertz CT molecular complexity index is 1230. The van der Waals surface area contributed by atoms with Crippen molar-refractivity contribution in [1.29, 1.82) is 0 Å². The Labute approximate surface area is 201 Å². The van der Waals surface area contributed by atoms with Gasteiger partial charge in [0.25, 0.3) is 0 Å². The van der Waals surface area contributed by atoms with Crippen molar-refractivity contribution < 1.29 is 17.9 Å². The monoisotopic (exact) mass is 485 g/mol. The maximum absolute atomic E-state index is 13.0. The number of aryl methyl sites for hydroxylation is 1. The summed E-state index contributed by atoms with van der Waals surface area (Å²) < 4.78 is 44.6. The van der Waals surface area contributed by atoms with E-state index >= 15 is 0 Å². The van der Waals surface area contributed by atoms with Gasteiger partial charge in [-0.05, 0) is 67.6 Å². The molecule has 0 unspecified atom stereocenters. The molecule has 2 aliphatic rings. The third-order valence-corrected chi connectivity index (χ3v) is 7.89. The third kappa shape index (κ3) is 4.15. The number of fused-ring (bicyclic) bond motifs is 1. The van der Waals surface area contributed by atoms with E-state index in [1.54, 1.807) is 30.6 Å². The highest BCUT2D eigenvalue weighted by Crippen LogP contribution is 2.44. The fourth-order valence-corrected chi connectivity index (χ4v) is 5.96. The molecular weight excluding hydrogens is 459 g/mol. The first kappa shape index (κ1) is 22.8. The number of hydrogen-bond donors (Lipinski definition) is 0. The second-order valence-electron chi connectivity index (χ2n) is 8.86. The SMILES string of the molecule is COc1nc(-c2cc3c(s2)CCC[C@H]3c2ccc(C(F)(F)F)cc2)ccc1N1C=C(C)N(C)C1. The van der Waals surface area contributed by atoms with Gasteiger partial charge in [0.15, 0.2) is 0 Å². The predicted molar refractivity (Wildman–Crippen MR) is 129 cm³/mol. The van der Waals surface area contributed by atoms with E-state index in [0.29, 0.717) is 5.88 Å². The molecule has 0 N–H and O–H groups in total. The summed E-state index contributed by atoms with van der Waals surface area (Å²) in [6.07, 6.45) is 0.691. The molecule has 0 spiro atoms. The first-order chi connectivity index (χ1) is 16.2. The van der Waals surface area contributed by atoms with Crippen LogP contribution >= 0.6 is 11.3 Å². The molecule has 5 rings (SSSR count). The average Bonchev–Trinajstić information content (AvgIpc) is 3.41. The van der Waals surface area contributed by atoms with Crippen LogP contribution in [0.3, 0.4) is 0 Å². The van der Waals surface area contributed by atoms with Gasteiger partial charge >= 0.3 is 6.18 Å². The Kier molecular flexibility index (Phi) is 5.80. The van der Waals surface area contributed by atoms with E-state index in [9.17, 15) is 13.2 Å². The van der Waals surface area contributed by atoms with Crippen molar-refractivity contribution in [3.05, 3.63) is 75.9 Å². The highest BCUT2D eigenvalue weighted by Gasteiger charge is 2.31. The number of ether oxygens (including phenoxy) is 1. The number of allylic oxidation sites excluding steroid dienone is 1. The van der Waals surface area contributed by atoms with Crippen molar-refractivity contribution in [3.63, 3.8) is 0 Å². The second-order valence-corrected chi connectivity index (χ2v) is 10.00. The number of pyridine rings is 1. The second kappa shape index (κ2) is 8.65. The number of halogens is 3. The number of benzene rings is 1. The number of hydrogen-bond acceptors (Lipinski definition) is 5. The molecule has 1 atom stereocenters. The molecule has 0 bridgehead atoms. The summed E-state index contributed by atoms with van der Waals surface area (Å²) in [5.41, 5.74) is 4.46. The van der Waals surface area contributed by atoms with E-state index in [0.717, 1.165) is 47.8 Å². The maximum atomic E-state index is 13.0. The molecule has 0 fully saturated rings. The molecule has 1 aromatic carbocycles. The summed E-state index contributed by atoms with van der Waals surface area (Å²) in [4.78, 5) is 11.4. The average molecular weight is 486 g/mol. The van der Waals surface area contributed by atoms with Crippen LogP contribution in [0.2, 0.25) is 0 Å². The van der Waals surface area contributed by atoms with Gasteiger partial charge in [-0.25, -0.2) is 4.98 Å². The van der Waals surface area contributed by atoms with Crippen molar-refractivity contribution >= 4 is 17.0 Å². The molecule has 0 radical (unpaired) electrons. The number of alkyl halides is 3. The van der Waals surface area contributed by atoms with Crippen LogP contribution < -0.4 is 9.64 Å². The number of anilines is 1. The molecule has 34 heavy (non-hydrogen) atoms. The Hall–Kier alpha value is -3.00. The van der Waals surface area contributed by atoms with Crippen molar-refractivity contribution in [1.82, 2.24) is 9.88 Å². The van der Waals surface area contributed by atoms with Crippen LogP contribution in [0.4, 0.5) is 18.9 Å². The minimum Gasteiger partial charge on any atom is -0.479 e. The molecule has 1 aliphatic heterocycles. The van der Waals surface area contributed by atoms with Gasteiger partial charge in [-0.1, -0.05) is 12.1 Å². The molecular formula is C26H26F3N3OS. The zero-order valence-corrected chi connectivity index (χ0v) is 20.1. The van der Waals surface area contributed by atoms with Crippen molar-refractivity contribution in [2.24, 2.45) is 0 Å². The van der Waals surface area contributed by atoms with E-state index in [4.69, 9.17) is 9.72 Å². The van der Waals surface area contributed by atoms with Gasteiger partial charge in [-0.2, -0.15) is 13.2 Å². The number of methoxy groups -OCH3 is 1. The lowest BCUT2D eigenvalue weighted by molar-refractivity contribution is -0.137. The van der Waals surface area contributed by atoms with Gasteiger partial charge in [-0.15, -0.1) is 11.3 Å². The van der Waals surface area contributed by atoms with Gasteiger partial charge in [0, 0.05) is 29.7 Å². The summed E-state index contributed by atoms with van der Waals surface area (Å²) in [7, 11) is 3.68. The minimum atomic E-state index is -4.32. The highest BCUT2D eigenvalue weighted by atomic mass is 32.1. The molecule has 4 nitrogen and oxygen atoms in total. The number of rotatable bonds is 4. The smallest absolute Gasteiger partial charge is 0.416 e. The van der Waals surface area contributed by atoms with Crippen molar-refractivity contribution in [3.8, 4) is 16.5 Å². The van der Waals surface area contributed by atoms with Crippen molar-refractivity contribution in [2.75, 3.05) is 25.7 Å². The first-order valence-electron chi connectivity index (χ1n) is 11.3. The Morgan fingerprint density at radius 2 is 1.88 bits per heavy atom. The normalized spacial score (nSPS) is 18.2. The topological polar surface area (TPSA) is 28.6 Å². The largest absolute Gasteiger partial charge is 0.479 e. The zero-order chi connectivity index (χ0) is 24.0. The van der Waals surface area contributed by atoms with Crippen molar-refractivity contribution in [2.45, 2.75) is 38.3 Å². The van der Waals surface area contributed by atoms with Gasteiger partial charge < -0.3 is 14.5 Å². The van der Waals surface area contributed by atoms with Gasteiger partial charge in [0.05, 0.1) is 29.9 Å². The summed E-state index contributed by atoms with van der Waals surface area (Å²) in [6, 6.07) is 11.8. The van der Waals surface area contributed by atoms with E-state index in [1.165, 1.54) is 28.3 Å². The van der Waals surface area contributed by atoms with Crippen LogP contribution in [-0.4, -0.2) is 30.7 Å². The number of aromatic nitrogens is 1. The minimum absolute atomic E-state index is 0.102. The summed E-state index contributed by atoms with van der Waals surface area (Å²) >= 11 is 1.72. The molecule has 3 heterocycles. The highest BCUT2D eigenvalue weighted by molar-refractivity contribution is 7.15. The van der Waals surface area contributed by atoms with Gasteiger partial charge in [0.2, 0.25) is 5.88 Å². The fourth-order valence-electron chi connectivity index (χ4n) is 4.72. The predicted octanol–water partition coefficient (Wildman–Crippen LogP) is 6.88. The maximum Gasteiger partial charge on any atom is 0.416 e. The van der Waals surface area contributed by atoms with Crippen LogP contribution in [0.5, 0.6) is 5.88 Å². The standard InChI is InChI=1S/C26H26F3N3OS/c1-16-14-32(15-31(16)2)22-12-11-21(30-25(22)33-3)24-13-20-19(5-4-6-23(20)34-24)17-7-9-18(10-8-17)26(27,28)29/h7-14,19H,4-6,15H2,1-3H3/t19-/m0/s1. The molecule has 1 aliphatic carbocycles. The Balaban J connectivity index is 1.45. The number of thiophene rings is 1. The summed E-state index contributed by atoms with van der Waals surface area (Å²) in [5, 5.41) is 0. The van der Waals surface area contributed by atoms with Crippen LogP contribution in [0, 0.1) is 0 Å². The van der Waals surface area contributed by atoms with Gasteiger partial charge in [-0.3, -0.25) is 0 Å². The van der Waals surface area contributed by atoms with E-state index in [-0.39, 0.29) is 5.92 Å². The lowest BCUT2D eigenvalue weighted by Gasteiger charge is -2.23. The number of nitrogens with zero attached hydrogens (tertiary/aromatic N) is 3. The Morgan fingerprint density at radius 1 is 1.12 bits per heavy atom. The van der Waals surface area contributed by atoms with Gasteiger partial charge in [0.1, 0.15) is 5.69 Å². The van der Waals surface area contributed by atoms with Crippen LogP contribution in [0.25, 0.3) is 10.6 Å². The van der Waals surface area contributed by atoms with Crippen LogP contribution in [0.15, 0.2) is 54.4 Å². The lowest BCUT2D eigenvalue weighted by atomic mass is 9.82. The third-order valence-electron chi connectivity index (χ3n) is 6.66. The van der Waals surface area contributed by atoms with E-state index < -0.39 is 11.7 Å². The molecule has 178 valence electrons. The fraction of sp³-hybridized carbons (Fsp3) is 0.346. The molecule has 3 aromatic rings. The van der Waals surface area contributed by atoms with E-state index in [1.807, 2.05) is 19.2 Å². The molecule has 8 heteroatoms. The van der Waals surface area contributed by atoms with E-state index in [2.05, 4.69) is 29.0 Å². The molecule has 2 aromatic heterocycles. The lowest BCUT2D eigenvalue weighted by Crippen LogP contribution is -2.23. The summed E-state index contributed by atoms with van der Waals surface area (Å²) in [5.74, 6) is 0.674. The molecule has 0 saturated carbocycles.